The van der Waals surface area contributed by atoms with Crippen LogP contribution < -0.4 is 24.7 Å². The van der Waals surface area contributed by atoms with E-state index in [4.69, 9.17) is 25.8 Å². The molecule has 0 saturated heterocycles. The summed E-state index contributed by atoms with van der Waals surface area (Å²) in [6, 6.07) is 12.1. The number of hydrogen-bond donors (Lipinski definition) is 1. The highest BCUT2D eigenvalue weighted by Gasteiger charge is 2.32. The van der Waals surface area contributed by atoms with Gasteiger partial charge in [-0.1, -0.05) is 11.6 Å². The van der Waals surface area contributed by atoms with Crippen LogP contribution in [-0.2, 0) is 9.59 Å². The summed E-state index contributed by atoms with van der Waals surface area (Å²) >= 11 is 6.60. The Morgan fingerprint density at radius 2 is 1.86 bits per heavy atom. The average molecular weight is 511 g/mol. The van der Waals surface area contributed by atoms with Gasteiger partial charge in [-0.2, -0.15) is 0 Å². The Morgan fingerprint density at radius 3 is 2.56 bits per heavy atom. The number of aromatic nitrogens is 1. The molecule has 2 aromatic carbocycles. The van der Waals surface area contributed by atoms with Gasteiger partial charge in [-0.05, 0) is 55.8 Å². The number of carboxylic acids is 1. The Morgan fingerprint density at radius 1 is 1.08 bits per heavy atom. The number of carbonyl (C=O) groups is 2. The molecule has 1 aromatic heterocycles. The van der Waals surface area contributed by atoms with Crippen LogP contribution in [0.3, 0.4) is 0 Å². The molecule has 3 aromatic rings. The molecule has 1 N–H and O–H groups in total. The summed E-state index contributed by atoms with van der Waals surface area (Å²) in [4.78, 5) is 28.5. The minimum absolute atomic E-state index is 0.213. The van der Waals surface area contributed by atoms with Crippen LogP contribution in [0.2, 0.25) is 5.15 Å². The van der Waals surface area contributed by atoms with Gasteiger partial charge in [-0.15, -0.1) is 0 Å². The van der Waals surface area contributed by atoms with Crippen LogP contribution in [0.4, 0.5) is 0 Å². The molecule has 0 radical (unpaired) electrons. The van der Waals surface area contributed by atoms with Gasteiger partial charge in [0.05, 0.1) is 32.0 Å². The highest BCUT2D eigenvalue weighted by atomic mass is 35.5. The zero-order valence-corrected chi connectivity index (χ0v) is 20.8. The first-order valence-corrected chi connectivity index (χ1v) is 11.7. The van der Waals surface area contributed by atoms with Gasteiger partial charge in [-0.3, -0.25) is 10.2 Å². The summed E-state index contributed by atoms with van der Waals surface area (Å²) in [6.07, 6.45) is 1.19. The fourth-order valence-electron chi connectivity index (χ4n) is 4.01. The predicted molar refractivity (Wildman–Crippen MR) is 132 cm³/mol. The molecule has 1 amide bonds. The van der Waals surface area contributed by atoms with Gasteiger partial charge < -0.3 is 24.1 Å². The van der Waals surface area contributed by atoms with Crippen LogP contribution in [0.25, 0.3) is 16.6 Å². The molecule has 1 aliphatic heterocycles. The summed E-state index contributed by atoms with van der Waals surface area (Å²) in [5.74, 6) is 0.0259. The van der Waals surface area contributed by atoms with E-state index < -0.39 is 24.3 Å². The maximum atomic E-state index is 13.0. The molecular formula is C26H25ClN3O6-. The van der Waals surface area contributed by atoms with Crippen molar-refractivity contribution in [2.75, 3.05) is 20.8 Å². The van der Waals surface area contributed by atoms with Crippen molar-refractivity contribution >= 4 is 40.1 Å². The van der Waals surface area contributed by atoms with Gasteiger partial charge in [0, 0.05) is 35.0 Å². The number of hydrogen-bond acceptors (Lipinski definition) is 8. The highest BCUT2D eigenvalue weighted by Crippen LogP contribution is 2.38. The molecule has 9 nitrogen and oxygen atoms in total. The molecule has 0 unspecified atom stereocenters. The van der Waals surface area contributed by atoms with Gasteiger partial charge in [0.2, 0.25) is 5.91 Å². The van der Waals surface area contributed by atoms with E-state index in [0.717, 1.165) is 10.9 Å². The number of methoxy groups -OCH3 is 2. The molecular weight excluding hydrogens is 486 g/mol. The number of carboxylic acid groups (broad SMARTS) is 1. The van der Waals surface area contributed by atoms with E-state index in [2.05, 4.69) is 10.4 Å². The number of ether oxygens (including phenoxy) is 3. The largest absolute Gasteiger partial charge is 0.550 e. The van der Waals surface area contributed by atoms with E-state index in [1.165, 1.54) is 12.1 Å². The zero-order valence-electron chi connectivity index (χ0n) is 20.0. The van der Waals surface area contributed by atoms with Gasteiger partial charge >= 0.3 is 0 Å². The third-order valence-corrected chi connectivity index (χ3v) is 6.05. The van der Waals surface area contributed by atoms with Gasteiger partial charge in [-0.25, -0.2) is 9.99 Å². The molecule has 1 atom stereocenters. The van der Waals surface area contributed by atoms with Crippen molar-refractivity contribution in [3.8, 4) is 17.2 Å². The van der Waals surface area contributed by atoms with Crippen molar-refractivity contribution in [2.24, 2.45) is 0 Å². The minimum atomic E-state index is -1.30. The molecule has 0 saturated carbocycles. The van der Waals surface area contributed by atoms with E-state index in [1.54, 1.807) is 25.3 Å². The number of benzene rings is 2. The number of nitrogens with zero attached hydrogens (tertiary/aromatic N) is 2. The van der Waals surface area contributed by atoms with Crippen molar-refractivity contribution in [3.63, 3.8) is 0 Å². The lowest BCUT2D eigenvalue weighted by molar-refractivity contribution is -0.305. The van der Waals surface area contributed by atoms with Crippen molar-refractivity contribution in [1.82, 2.24) is 15.4 Å². The Kier molecular flexibility index (Phi) is 7.49. The molecule has 0 fully saturated rings. The van der Waals surface area contributed by atoms with Crippen molar-refractivity contribution in [2.45, 2.75) is 25.8 Å². The number of aliphatic carboxylic acids is 1. The maximum absolute atomic E-state index is 13.0. The standard InChI is InChI=1S/C26H26ClN3O6/c1-4-36-17-7-5-15-11-18(26(27)28-19(15)13-17)21-14-20(29-30(21)24(31)9-10-25(32)33)16-6-8-22(34-2)23(12-16)35-3/h5-8,11-14,21,29H,4,9-10H2,1-3H3,(H,32,33)/p-1/t21-/m1/s1. The number of carbonyl (C=O) groups excluding carboxylic acids is 2. The third kappa shape index (κ3) is 5.16. The lowest BCUT2D eigenvalue weighted by Crippen LogP contribution is -2.40. The van der Waals surface area contributed by atoms with Crippen LogP contribution in [0.5, 0.6) is 17.2 Å². The Labute approximate surface area is 213 Å². The number of nitrogens with one attached hydrogen (secondary N) is 1. The van der Waals surface area contributed by atoms with Gasteiger partial charge in [0.25, 0.3) is 0 Å². The molecule has 0 aliphatic carbocycles. The average Bonchev–Trinajstić information content (AvgIpc) is 3.32. The molecule has 1 aliphatic rings. The van der Waals surface area contributed by atoms with Gasteiger partial charge in [0.1, 0.15) is 16.9 Å². The Bertz CT molecular complexity index is 1340. The second-order valence-corrected chi connectivity index (χ2v) is 8.36. The molecule has 188 valence electrons. The summed E-state index contributed by atoms with van der Waals surface area (Å²) in [5.41, 5.74) is 5.68. The Balaban J connectivity index is 1.76. The summed E-state index contributed by atoms with van der Waals surface area (Å²) in [7, 11) is 3.08. The zero-order chi connectivity index (χ0) is 25.8. The number of rotatable bonds is 9. The van der Waals surface area contributed by atoms with E-state index in [9.17, 15) is 14.7 Å². The summed E-state index contributed by atoms with van der Waals surface area (Å²) in [6.45, 7) is 2.42. The molecule has 0 bridgehead atoms. The number of amides is 1. The van der Waals surface area contributed by atoms with Crippen molar-refractivity contribution < 1.29 is 28.9 Å². The fraction of sp³-hybridized carbons (Fsp3) is 0.269. The van der Waals surface area contributed by atoms with Crippen LogP contribution in [0.15, 0.2) is 48.5 Å². The lowest BCUT2D eigenvalue weighted by Gasteiger charge is -2.26. The number of fused-ring (bicyclic) bond motifs is 1. The maximum Gasteiger partial charge on any atom is 0.242 e. The molecule has 2 heterocycles. The van der Waals surface area contributed by atoms with E-state index in [-0.39, 0.29) is 11.6 Å². The molecule has 4 rings (SSSR count). The first kappa shape index (κ1) is 25.1. The number of pyridine rings is 1. The fourth-order valence-corrected chi connectivity index (χ4v) is 4.27. The van der Waals surface area contributed by atoms with Crippen LogP contribution >= 0.6 is 11.6 Å². The molecule has 10 heteroatoms. The second kappa shape index (κ2) is 10.7. The first-order valence-electron chi connectivity index (χ1n) is 11.3. The SMILES string of the molecule is CCOc1ccc2cc([C@H]3C=C(c4ccc(OC)c(OC)c4)NN3C(=O)CCC(=O)[O-])c(Cl)nc2c1. The summed E-state index contributed by atoms with van der Waals surface area (Å²) < 4.78 is 16.3. The molecule has 0 spiro atoms. The minimum Gasteiger partial charge on any atom is -0.550 e. The van der Waals surface area contributed by atoms with Crippen LogP contribution in [0.1, 0.15) is 36.9 Å². The van der Waals surface area contributed by atoms with E-state index >= 15 is 0 Å². The van der Waals surface area contributed by atoms with E-state index in [0.29, 0.717) is 40.6 Å². The smallest absolute Gasteiger partial charge is 0.242 e. The Hall–Kier alpha value is -3.98. The van der Waals surface area contributed by atoms with Crippen LogP contribution in [0, 0.1) is 0 Å². The topological polar surface area (TPSA) is 113 Å². The third-order valence-electron chi connectivity index (χ3n) is 5.75. The summed E-state index contributed by atoms with van der Waals surface area (Å²) in [5, 5.41) is 13.4. The monoisotopic (exact) mass is 510 g/mol. The number of halogens is 1. The van der Waals surface area contributed by atoms with Gasteiger partial charge in [0.15, 0.2) is 11.5 Å². The normalized spacial score (nSPS) is 14.8. The number of hydrazine groups is 1. The van der Waals surface area contributed by atoms with E-state index in [1.807, 2.05) is 37.3 Å². The van der Waals surface area contributed by atoms with Crippen LogP contribution in [-0.4, -0.2) is 42.7 Å². The molecule has 36 heavy (non-hydrogen) atoms. The lowest BCUT2D eigenvalue weighted by atomic mass is 10.0. The van der Waals surface area contributed by atoms with Crippen molar-refractivity contribution in [1.29, 1.82) is 0 Å². The quantitative estimate of drug-likeness (QED) is 0.436. The second-order valence-electron chi connectivity index (χ2n) is 8.00. The van der Waals surface area contributed by atoms with Crippen molar-refractivity contribution in [3.05, 3.63) is 64.8 Å². The first-order chi connectivity index (χ1) is 17.3. The predicted octanol–water partition coefficient (Wildman–Crippen LogP) is 3.26. The highest BCUT2D eigenvalue weighted by molar-refractivity contribution is 6.30.